The summed E-state index contributed by atoms with van der Waals surface area (Å²) in [5.74, 6) is 0.924. The van der Waals surface area contributed by atoms with Crippen LogP contribution in [0, 0.1) is 5.41 Å². The van der Waals surface area contributed by atoms with Gasteiger partial charge in [0.1, 0.15) is 11.3 Å². The van der Waals surface area contributed by atoms with E-state index in [9.17, 15) is 9.59 Å². The average Bonchev–Trinajstić information content (AvgIpc) is 3.13. The SMILES string of the molecule is CCCc1oncc1C(=O)N1CCCC2(CCC(=O)N(CCCOC)C2)C1. The molecule has 0 aliphatic carbocycles. The zero-order valence-corrected chi connectivity index (χ0v) is 16.5. The molecule has 1 unspecified atom stereocenters. The molecular formula is C20H31N3O4. The largest absolute Gasteiger partial charge is 0.385 e. The van der Waals surface area contributed by atoms with Crippen LogP contribution in [0.3, 0.4) is 0 Å². The zero-order chi connectivity index (χ0) is 19.3. The first-order valence-corrected chi connectivity index (χ1v) is 10.1. The molecule has 0 saturated carbocycles. The minimum Gasteiger partial charge on any atom is -0.385 e. The van der Waals surface area contributed by atoms with Crippen LogP contribution in [0.5, 0.6) is 0 Å². The Morgan fingerprint density at radius 2 is 2.22 bits per heavy atom. The van der Waals surface area contributed by atoms with E-state index in [4.69, 9.17) is 9.26 Å². The van der Waals surface area contributed by atoms with E-state index in [0.717, 1.165) is 58.2 Å². The van der Waals surface area contributed by atoms with Gasteiger partial charge in [0.25, 0.3) is 5.91 Å². The van der Waals surface area contributed by atoms with E-state index in [1.807, 2.05) is 9.80 Å². The molecule has 7 heteroatoms. The van der Waals surface area contributed by atoms with Crippen molar-refractivity contribution in [3.63, 3.8) is 0 Å². The van der Waals surface area contributed by atoms with Gasteiger partial charge in [-0.1, -0.05) is 12.1 Å². The highest BCUT2D eigenvalue weighted by Gasteiger charge is 2.43. The fourth-order valence-corrected chi connectivity index (χ4v) is 4.44. The van der Waals surface area contributed by atoms with Crippen molar-refractivity contribution < 1.29 is 18.8 Å². The molecule has 1 aromatic rings. The third-order valence-corrected chi connectivity index (χ3v) is 5.83. The van der Waals surface area contributed by atoms with Gasteiger partial charge in [-0.25, -0.2) is 0 Å². The molecule has 2 aliphatic heterocycles. The van der Waals surface area contributed by atoms with Crippen molar-refractivity contribution in [3.05, 3.63) is 17.5 Å². The van der Waals surface area contributed by atoms with Gasteiger partial charge >= 0.3 is 0 Å². The lowest BCUT2D eigenvalue weighted by molar-refractivity contribution is -0.139. The van der Waals surface area contributed by atoms with Gasteiger partial charge < -0.3 is 19.1 Å². The first-order chi connectivity index (χ1) is 13.1. The highest BCUT2D eigenvalue weighted by Crippen LogP contribution is 2.39. The summed E-state index contributed by atoms with van der Waals surface area (Å²) < 4.78 is 10.4. The topological polar surface area (TPSA) is 75.9 Å². The number of amides is 2. The lowest BCUT2D eigenvalue weighted by atomic mass is 9.73. The molecule has 0 N–H and O–H groups in total. The molecule has 2 amide bonds. The van der Waals surface area contributed by atoms with Gasteiger partial charge in [0.05, 0.1) is 6.20 Å². The van der Waals surface area contributed by atoms with Crippen LogP contribution in [-0.4, -0.2) is 66.7 Å². The molecule has 3 rings (SSSR count). The molecule has 0 radical (unpaired) electrons. The van der Waals surface area contributed by atoms with Crippen molar-refractivity contribution in [2.24, 2.45) is 5.41 Å². The maximum atomic E-state index is 13.1. The van der Waals surface area contributed by atoms with Crippen LogP contribution in [0.2, 0.25) is 0 Å². The predicted molar refractivity (Wildman–Crippen MR) is 100 cm³/mol. The minimum absolute atomic E-state index is 0.0109. The highest BCUT2D eigenvalue weighted by molar-refractivity contribution is 5.95. The molecule has 1 aromatic heterocycles. The van der Waals surface area contributed by atoms with Gasteiger partial charge in [0.15, 0.2) is 0 Å². The highest BCUT2D eigenvalue weighted by atomic mass is 16.5. The lowest BCUT2D eigenvalue weighted by Gasteiger charge is -2.48. The summed E-state index contributed by atoms with van der Waals surface area (Å²) in [6, 6.07) is 0. The Kier molecular flexibility index (Phi) is 6.52. The number of piperidine rings is 2. The first kappa shape index (κ1) is 19.9. The summed E-state index contributed by atoms with van der Waals surface area (Å²) in [4.78, 5) is 29.3. The molecule has 7 nitrogen and oxygen atoms in total. The normalized spacial score (nSPS) is 23.3. The van der Waals surface area contributed by atoms with Gasteiger partial charge in [-0.3, -0.25) is 9.59 Å². The van der Waals surface area contributed by atoms with Crippen LogP contribution in [0.4, 0.5) is 0 Å². The van der Waals surface area contributed by atoms with Gasteiger partial charge in [-0.05, 0) is 32.1 Å². The monoisotopic (exact) mass is 377 g/mol. The average molecular weight is 377 g/mol. The minimum atomic E-state index is 0.0109. The lowest BCUT2D eigenvalue weighted by Crippen LogP contribution is -2.55. The summed E-state index contributed by atoms with van der Waals surface area (Å²) in [6.07, 6.45) is 7.51. The first-order valence-electron chi connectivity index (χ1n) is 10.1. The second-order valence-corrected chi connectivity index (χ2v) is 7.90. The molecule has 1 atom stereocenters. The van der Waals surface area contributed by atoms with E-state index < -0.39 is 0 Å². The van der Waals surface area contributed by atoms with E-state index in [1.54, 1.807) is 13.3 Å². The Hall–Kier alpha value is -1.89. The second-order valence-electron chi connectivity index (χ2n) is 7.90. The molecule has 1 spiro atoms. The standard InChI is InChI=1S/C20H31N3O4/c1-3-6-17-16(13-21-27-17)19(25)23-10-4-8-20(15-23)9-7-18(24)22(14-20)11-5-12-26-2/h13H,3-12,14-15H2,1-2H3. The number of hydrogen-bond donors (Lipinski definition) is 0. The fourth-order valence-electron chi connectivity index (χ4n) is 4.44. The van der Waals surface area contributed by atoms with E-state index in [-0.39, 0.29) is 17.2 Å². The van der Waals surface area contributed by atoms with Crippen LogP contribution < -0.4 is 0 Å². The third-order valence-electron chi connectivity index (χ3n) is 5.83. The van der Waals surface area contributed by atoms with E-state index in [0.29, 0.717) is 30.9 Å². The number of carbonyl (C=O) groups is 2. The Morgan fingerprint density at radius 1 is 1.37 bits per heavy atom. The quantitative estimate of drug-likeness (QED) is 0.683. The van der Waals surface area contributed by atoms with Crippen LogP contribution in [0.1, 0.15) is 61.6 Å². The van der Waals surface area contributed by atoms with Crippen molar-refractivity contribution in [3.8, 4) is 0 Å². The van der Waals surface area contributed by atoms with E-state index in [1.165, 1.54) is 0 Å². The van der Waals surface area contributed by atoms with E-state index >= 15 is 0 Å². The summed E-state index contributed by atoms with van der Waals surface area (Å²) in [5.41, 5.74) is 0.606. The number of likely N-dealkylation sites (tertiary alicyclic amines) is 2. The van der Waals surface area contributed by atoms with Crippen molar-refractivity contribution >= 4 is 11.8 Å². The Balaban J connectivity index is 1.68. The predicted octanol–water partition coefficient (Wildman–Crippen LogP) is 2.51. The summed E-state index contributed by atoms with van der Waals surface area (Å²) in [6.45, 7) is 5.66. The van der Waals surface area contributed by atoms with Gasteiger partial charge in [-0.2, -0.15) is 0 Å². The number of hydrogen-bond acceptors (Lipinski definition) is 5. The fraction of sp³-hybridized carbons (Fsp3) is 0.750. The van der Waals surface area contributed by atoms with E-state index in [2.05, 4.69) is 12.1 Å². The van der Waals surface area contributed by atoms with Gasteiger partial charge in [-0.15, -0.1) is 0 Å². The number of rotatable bonds is 7. The number of carbonyl (C=O) groups excluding carboxylic acids is 2. The van der Waals surface area contributed by atoms with Gasteiger partial charge in [0, 0.05) is 58.2 Å². The number of methoxy groups -OCH3 is 1. The van der Waals surface area contributed by atoms with Crippen molar-refractivity contribution in [1.29, 1.82) is 0 Å². The van der Waals surface area contributed by atoms with Crippen molar-refractivity contribution in [1.82, 2.24) is 15.0 Å². The summed E-state index contributed by atoms with van der Waals surface area (Å²) >= 11 is 0. The molecule has 2 aliphatic rings. The number of aryl methyl sites for hydroxylation is 1. The third kappa shape index (κ3) is 4.51. The Labute approximate surface area is 161 Å². The molecule has 0 bridgehead atoms. The molecule has 150 valence electrons. The van der Waals surface area contributed by atoms with Crippen molar-refractivity contribution in [2.45, 2.75) is 51.9 Å². The second kappa shape index (κ2) is 8.87. The molecule has 27 heavy (non-hydrogen) atoms. The molecule has 2 saturated heterocycles. The number of aromatic nitrogens is 1. The molecule has 0 aromatic carbocycles. The van der Waals surface area contributed by atoms with Crippen LogP contribution >= 0.6 is 0 Å². The molecule has 3 heterocycles. The number of ether oxygens (including phenoxy) is 1. The maximum absolute atomic E-state index is 13.1. The number of nitrogens with zero attached hydrogens (tertiary/aromatic N) is 3. The maximum Gasteiger partial charge on any atom is 0.259 e. The molecule has 2 fully saturated rings. The Morgan fingerprint density at radius 3 is 3.00 bits per heavy atom. The Bertz CT molecular complexity index is 659. The molecular weight excluding hydrogens is 346 g/mol. The van der Waals surface area contributed by atoms with Crippen LogP contribution in [0.15, 0.2) is 10.7 Å². The van der Waals surface area contributed by atoms with Gasteiger partial charge in [0.2, 0.25) is 5.91 Å². The summed E-state index contributed by atoms with van der Waals surface area (Å²) in [5, 5.41) is 3.84. The van der Waals surface area contributed by atoms with Crippen LogP contribution in [0.25, 0.3) is 0 Å². The smallest absolute Gasteiger partial charge is 0.259 e. The van der Waals surface area contributed by atoms with Crippen LogP contribution in [-0.2, 0) is 16.0 Å². The van der Waals surface area contributed by atoms with Crippen molar-refractivity contribution in [2.75, 3.05) is 39.9 Å². The zero-order valence-electron chi connectivity index (χ0n) is 16.5. The summed E-state index contributed by atoms with van der Waals surface area (Å²) in [7, 11) is 1.68.